The number of piperidine rings is 1. The number of likely N-dealkylation sites (tertiary alicyclic amines) is 2. The van der Waals surface area contributed by atoms with E-state index < -0.39 is 22.5 Å². The Morgan fingerprint density at radius 3 is 2.59 bits per heavy atom. The molecule has 1 atom stereocenters. The third kappa shape index (κ3) is 5.26. The smallest absolute Gasteiger partial charge is 0.373 e. The van der Waals surface area contributed by atoms with E-state index in [1.807, 2.05) is 0 Å². The lowest BCUT2D eigenvalue weighted by atomic mass is 10.1. The van der Waals surface area contributed by atoms with Crippen molar-refractivity contribution in [2.45, 2.75) is 44.3 Å². The summed E-state index contributed by atoms with van der Waals surface area (Å²) in [6, 6.07) is 3.65. The summed E-state index contributed by atoms with van der Waals surface area (Å²) >= 11 is 5.62. The van der Waals surface area contributed by atoms with Gasteiger partial charge in [-0.2, -0.15) is 13.2 Å². The van der Waals surface area contributed by atoms with Crippen molar-refractivity contribution < 1.29 is 18.0 Å². The van der Waals surface area contributed by atoms with Crippen molar-refractivity contribution in [3.8, 4) is 0 Å². The quantitative estimate of drug-likeness (QED) is 0.513. The van der Waals surface area contributed by atoms with Crippen LogP contribution in [-0.4, -0.2) is 47.8 Å². The van der Waals surface area contributed by atoms with E-state index in [0.717, 1.165) is 51.2 Å². The summed E-state index contributed by atoms with van der Waals surface area (Å²) in [6.07, 6.45) is 4.44. The molecule has 1 aromatic carbocycles. The van der Waals surface area contributed by atoms with Crippen LogP contribution in [0, 0.1) is 0 Å². The van der Waals surface area contributed by atoms with Gasteiger partial charge in [0.1, 0.15) is 0 Å². The fourth-order valence-electron chi connectivity index (χ4n) is 3.85. The molecule has 0 spiro atoms. The topological polar surface area (TPSA) is 23.6 Å². The maximum atomic E-state index is 13.0. The first kappa shape index (κ1) is 20.2. The van der Waals surface area contributed by atoms with Gasteiger partial charge in [-0.25, -0.2) is 0 Å². The predicted octanol–water partition coefficient (Wildman–Crippen LogP) is 5.01. The third-order valence-electron chi connectivity index (χ3n) is 5.31. The first-order valence-electron chi connectivity index (χ1n) is 9.42. The van der Waals surface area contributed by atoms with E-state index in [4.69, 9.17) is 11.6 Å². The molecule has 0 bridgehead atoms. The summed E-state index contributed by atoms with van der Waals surface area (Å²) < 4.78 is 38.9. The molecular weight excluding hydrogens is 377 g/mol. The van der Waals surface area contributed by atoms with Crippen molar-refractivity contribution in [3.05, 3.63) is 46.6 Å². The second kappa shape index (κ2) is 8.65. The minimum atomic E-state index is -4.58. The van der Waals surface area contributed by atoms with Crippen LogP contribution in [0.1, 0.15) is 48.0 Å². The Bertz CT molecular complexity index is 699. The monoisotopic (exact) mass is 400 g/mol. The van der Waals surface area contributed by atoms with Gasteiger partial charge >= 0.3 is 6.18 Å². The lowest BCUT2D eigenvalue weighted by Crippen LogP contribution is -2.40. The van der Waals surface area contributed by atoms with E-state index in [2.05, 4.69) is 9.80 Å². The summed E-state index contributed by atoms with van der Waals surface area (Å²) in [5.74, 6) is -0.444. The fourth-order valence-corrected chi connectivity index (χ4v) is 4.07. The fraction of sp³-hybridized carbons (Fsp3) is 0.550. The van der Waals surface area contributed by atoms with E-state index in [1.54, 1.807) is 6.20 Å². The maximum absolute atomic E-state index is 13.0. The van der Waals surface area contributed by atoms with Crippen LogP contribution in [0.4, 0.5) is 13.2 Å². The number of hydrogen-bond acceptors (Lipinski definition) is 3. The van der Waals surface area contributed by atoms with Gasteiger partial charge in [0.25, 0.3) is 0 Å². The molecule has 0 radical (unpaired) electrons. The number of nitrogens with zero attached hydrogens (tertiary/aromatic N) is 2. The van der Waals surface area contributed by atoms with E-state index in [1.165, 1.54) is 31.4 Å². The molecule has 27 heavy (non-hydrogen) atoms. The first-order chi connectivity index (χ1) is 12.8. The Hall–Kier alpha value is -1.53. The van der Waals surface area contributed by atoms with Crippen molar-refractivity contribution in [3.63, 3.8) is 0 Å². The maximum Gasteiger partial charge on any atom is 0.417 e. The minimum absolute atomic E-state index is 0.00486. The summed E-state index contributed by atoms with van der Waals surface area (Å²) in [5, 5.41) is -0.399. The SMILES string of the molecule is O=C(C=CN1CCC[C@H]1CN1CCCCC1)c1ccc(Cl)c(C(F)(F)F)c1. The van der Waals surface area contributed by atoms with Crippen molar-refractivity contribution in [2.75, 3.05) is 26.2 Å². The number of carbonyl (C=O) groups is 1. The Morgan fingerprint density at radius 1 is 1.15 bits per heavy atom. The van der Waals surface area contributed by atoms with Gasteiger partial charge in [0.2, 0.25) is 0 Å². The normalized spacial score (nSPS) is 21.9. The van der Waals surface area contributed by atoms with Crippen LogP contribution in [0.15, 0.2) is 30.5 Å². The summed E-state index contributed by atoms with van der Waals surface area (Å²) in [4.78, 5) is 17.0. The molecule has 148 valence electrons. The molecule has 3 nitrogen and oxygen atoms in total. The molecule has 3 rings (SSSR count). The average molecular weight is 401 g/mol. The zero-order chi connectivity index (χ0) is 19.4. The summed E-state index contributed by atoms with van der Waals surface area (Å²) in [5.41, 5.74) is -0.984. The summed E-state index contributed by atoms with van der Waals surface area (Å²) in [6.45, 7) is 4.10. The molecule has 0 amide bonds. The number of rotatable bonds is 5. The van der Waals surface area contributed by atoms with Gasteiger partial charge in [0, 0.05) is 37.0 Å². The molecule has 2 aliphatic heterocycles. The molecule has 2 saturated heterocycles. The Balaban J connectivity index is 1.65. The zero-order valence-electron chi connectivity index (χ0n) is 15.1. The molecule has 0 saturated carbocycles. The molecule has 0 unspecified atom stereocenters. The molecule has 2 heterocycles. The lowest BCUT2D eigenvalue weighted by molar-refractivity contribution is -0.137. The number of allylic oxidation sites excluding steroid dienone is 1. The number of alkyl halides is 3. The van der Waals surface area contributed by atoms with E-state index >= 15 is 0 Å². The van der Waals surface area contributed by atoms with E-state index in [-0.39, 0.29) is 5.56 Å². The van der Waals surface area contributed by atoms with Gasteiger partial charge in [-0.15, -0.1) is 0 Å². The minimum Gasteiger partial charge on any atom is -0.373 e. The van der Waals surface area contributed by atoms with Crippen LogP contribution in [-0.2, 0) is 6.18 Å². The molecule has 0 N–H and O–H groups in total. The van der Waals surface area contributed by atoms with Gasteiger partial charge in [-0.05, 0) is 57.0 Å². The highest BCUT2D eigenvalue weighted by Crippen LogP contribution is 2.35. The van der Waals surface area contributed by atoms with Gasteiger partial charge in [0.15, 0.2) is 5.78 Å². The van der Waals surface area contributed by atoms with Crippen LogP contribution in [0.5, 0.6) is 0 Å². The van der Waals surface area contributed by atoms with Crippen LogP contribution in [0.25, 0.3) is 0 Å². The van der Waals surface area contributed by atoms with Crippen molar-refractivity contribution >= 4 is 17.4 Å². The molecule has 0 aliphatic carbocycles. The number of carbonyl (C=O) groups excluding carboxylic acids is 1. The Morgan fingerprint density at radius 2 is 1.89 bits per heavy atom. The van der Waals surface area contributed by atoms with E-state index in [9.17, 15) is 18.0 Å². The second-order valence-corrected chi connectivity index (χ2v) is 7.67. The highest BCUT2D eigenvalue weighted by molar-refractivity contribution is 6.31. The first-order valence-corrected chi connectivity index (χ1v) is 9.80. The summed E-state index contributed by atoms with van der Waals surface area (Å²) in [7, 11) is 0. The molecular formula is C20H24ClF3N2O. The average Bonchev–Trinajstić information content (AvgIpc) is 3.07. The Kier molecular flexibility index (Phi) is 6.48. The zero-order valence-corrected chi connectivity index (χ0v) is 15.9. The standard InChI is InChI=1S/C20H24ClF3N2O/c21-18-7-6-15(13-17(18)20(22,23)24)19(27)8-12-26-11-4-5-16(26)14-25-9-2-1-3-10-25/h6-8,12-13,16H,1-5,9-11,14H2/t16-/m0/s1. The number of halogens is 4. The van der Waals surface area contributed by atoms with E-state index in [0.29, 0.717) is 6.04 Å². The highest BCUT2D eigenvalue weighted by Gasteiger charge is 2.33. The van der Waals surface area contributed by atoms with Crippen LogP contribution in [0.3, 0.4) is 0 Å². The molecule has 1 aromatic rings. The lowest BCUT2D eigenvalue weighted by Gasteiger charge is -2.32. The molecule has 0 aromatic heterocycles. The van der Waals surface area contributed by atoms with Crippen molar-refractivity contribution in [1.82, 2.24) is 9.80 Å². The molecule has 7 heteroatoms. The predicted molar refractivity (Wildman–Crippen MR) is 99.9 cm³/mol. The number of hydrogen-bond donors (Lipinski definition) is 0. The second-order valence-electron chi connectivity index (χ2n) is 7.27. The van der Waals surface area contributed by atoms with Crippen LogP contribution >= 0.6 is 11.6 Å². The number of ketones is 1. The third-order valence-corrected chi connectivity index (χ3v) is 5.64. The van der Waals surface area contributed by atoms with Gasteiger partial charge in [-0.3, -0.25) is 4.79 Å². The molecule has 2 aliphatic rings. The largest absolute Gasteiger partial charge is 0.417 e. The van der Waals surface area contributed by atoms with Crippen molar-refractivity contribution in [2.24, 2.45) is 0 Å². The number of benzene rings is 1. The van der Waals surface area contributed by atoms with Crippen LogP contribution in [0.2, 0.25) is 5.02 Å². The van der Waals surface area contributed by atoms with Gasteiger partial charge < -0.3 is 9.80 Å². The van der Waals surface area contributed by atoms with Crippen molar-refractivity contribution in [1.29, 1.82) is 0 Å². The highest BCUT2D eigenvalue weighted by atomic mass is 35.5. The van der Waals surface area contributed by atoms with Crippen LogP contribution < -0.4 is 0 Å². The molecule has 2 fully saturated rings. The van der Waals surface area contributed by atoms with Gasteiger partial charge in [-0.1, -0.05) is 18.0 Å². The van der Waals surface area contributed by atoms with Gasteiger partial charge in [0.05, 0.1) is 10.6 Å². The Labute approximate surface area is 162 Å².